The van der Waals surface area contributed by atoms with Gasteiger partial charge in [0.05, 0.1) is 17.0 Å². The fraction of sp³-hybridized carbons (Fsp3) is 0.375. The van der Waals surface area contributed by atoms with Crippen molar-refractivity contribution in [3.63, 3.8) is 0 Å². The van der Waals surface area contributed by atoms with Crippen molar-refractivity contribution < 1.29 is 19.3 Å². The van der Waals surface area contributed by atoms with E-state index in [0.29, 0.717) is 18.5 Å². The third-order valence-corrected chi connectivity index (χ3v) is 7.24. The number of hydrogen-bond acceptors (Lipinski definition) is 6. The van der Waals surface area contributed by atoms with E-state index >= 15 is 0 Å². The van der Waals surface area contributed by atoms with Gasteiger partial charge >= 0.3 is 6.03 Å². The van der Waals surface area contributed by atoms with Crippen LogP contribution < -0.4 is 10.2 Å². The van der Waals surface area contributed by atoms with Crippen LogP contribution in [0.1, 0.15) is 43.4 Å². The number of hydrogen-bond donors (Lipinski definition) is 1. The monoisotopic (exact) mass is 448 g/mol. The van der Waals surface area contributed by atoms with Gasteiger partial charge in [-0.05, 0) is 43.4 Å². The van der Waals surface area contributed by atoms with Crippen LogP contribution in [-0.2, 0) is 16.0 Å². The number of nitrogens with one attached hydrogen (secondary N) is 1. The third-order valence-electron chi connectivity index (χ3n) is 7.24. The van der Waals surface area contributed by atoms with Crippen molar-refractivity contribution in [2.45, 2.75) is 44.7 Å². The summed E-state index contributed by atoms with van der Waals surface area (Å²) in [5.41, 5.74) is 0.551. The molecule has 0 unspecified atom stereocenters. The summed E-state index contributed by atoms with van der Waals surface area (Å²) >= 11 is 0. The SMILES string of the molecule is C[C@H](c1ccccc1)N1C(=O)NC(=O)[C@@]2(Cc3cc([N+](=O)[O-])ccc3N3CCCC[C@H]32)C1=O. The van der Waals surface area contributed by atoms with Crippen LogP contribution in [0.25, 0.3) is 0 Å². The fourth-order valence-electron chi connectivity index (χ4n) is 5.61. The van der Waals surface area contributed by atoms with Crippen molar-refractivity contribution in [2.75, 3.05) is 11.4 Å². The number of anilines is 1. The normalized spacial score (nSPS) is 25.4. The molecule has 3 aliphatic heterocycles. The minimum atomic E-state index is -1.53. The van der Waals surface area contributed by atoms with Crippen molar-refractivity contribution in [1.82, 2.24) is 10.2 Å². The van der Waals surface area contributed by atoms with E-state index in [1.807, 2.05) is 35.2 Å². The number of rotatable bonds is 3. The number of fused-ring (bicyclic) bond motifs is 4. The molecule has 3 aliphatic rings. The van der Waals surface area contributed by atoms with E-state index in [2.05, 4.69) is 5.32 Å². The molecule has 1 spiro atoms. The molecular weight excluding hydrogens is 424 g/mol. The number of urea groups is 1. The molecule has 0 aliphatic carbocycles. The Morgan fingerprint density at radius 3 is 2.61 bits per heavy atom. The summed E-state index contributed by atoms with van der Waals surface area (Å²) in [5, 5.41) is 13.8. The van der Waals surface area contributed by atoms with E-state index < -0.39 is 40.3 Å². The van der Waals surface area contributed by atoms with Crippen molar-refractivity contribution in [2.24, 2.45) is 5.41 Å². The molecule has 1 N–H and O–H groups in total. The number of carbonyl (C=O) groups is 3. The van der Waals surface area contributed by atoms with Crippen LogP contribution in [0.15, 0.2) is 48.5 Å². The summed E-state index contributed by atoms with van der Waals surface area (Å²) < 4.78 is 0. The zero-order chi connectivity index (χ0) is 23.3. The molecule has 170 valence electrons. The highest BCUT2D eigenvalue weighted by Gasteiger charge is 2.62. The van der Waals surface area contributed by atoms with Gasteiger partial charge in [0.25, 0.3) is 5.69 Å². The molecule has 0 radical (unpaired) electrons. The summed E-state index contributed by atoms with van der Waals surface area (Å²) in [7, 11) is 0. The number of imide groups is 2. The zero-order valence-electron chi connectivity index (χ0n) is 18.2. The Hall–Kier alpha value is -3.75. The van der Waals surface area contributed by atoms with E-state index in [0.717, 1.165) is 29.0 Å². The Kier molecular flexibility index (Phi) is 4.92. The number of piperidine rings is 1. The minimum Gasteiger partial charge on any atom is -0.367 e. The van der Waals surface area contributed by atoms with Gasteiger partial charge in [-0.1, -0.05) is 30.3 Å². The molecule has 0 saturated carbocycles. The molecule has 2 aromatic rings. The quantitative estimate of drug-likeness (QED) is 0.438. The maximum absolute atomic E-state index is 14.1. The lowest BCUT2D eigenvalue weighted by atomic mass is 9.66. The van der Waals surface area contributed by atoms with Crippen LogP contribution in [0.4, 0.5) is 16.2 Å². The lowest BCUT2D eigenvalue weighted by Crippen LogP contribution is -2.72. The first-order valence-electron chi connectivity index (χ1n) is 11.1. The predicted molar refractivity (Wildman–Crippen MR) is 119 cm³/mol. The lowest BCUT2D eigenvalue weighted by molar-refractivity contribution is -0.384. The van der Waals surface area contributed by atoms with Crippen LogP contribution in [0.3, 0.4) is 0 Å². The molecule has 5 rings (SSSR count). The van der Waals surface area contributed by atoms with Crippen LogP contribution in [0.2, 0.25) is 0 Å². The van der Waals surface area contributed by atoms with Crippen LogP contribution in [0.5, 0.6) is 0 Å². The number of nitro groups is 1. The summed E-state index contributed by atoms with van der Waals surface area (Å²) in [6.07, 6.45) is 2.38. The smallest absolute Gasteiger partial charge is 0.331 e. The highest BCUT2D eigenvalue weighted by atomic mass is 16.6. The second-order valence-corrected chi connectivity index (χ2v) is 8.94. The number of amides is 4. The van der Waals surface area contributed by atoms with Crippen molar-refractivity contribution in [3.8, 4) is 0 Å². The van der Waals surface area contributed by atoms with E-state index in [1.165, 1.54) is 12.1 Å². The highest BCUT2D eigenvalue weighted by Crippen LogP contribution is 2.49. The Bertz CT molecular complexity index is 1170. The molecule has 2 saturated heterocycles. The van der Waals surface area contributed by atoms with E-state index in [4.69, 9.17) is 0 Å². The summed E-state index contributed by atoms with van der Waals surface area (Å²) in [5.74, 6) is -1.16. The van der Waals surface area contributed by atoms with Gasteiger partial charge in [-0.25, -0.2) is 4.79 Å². The van der Waals surface area contributed by atoms with E-state index in [1.54, 1.807) is 13.0 Å². The van der Waals surface area contributed by atoms with Crippen molar-refractivity contribution in [1.29, 1.82) is 0 Å². The highest BCUT2D eigenvalue weighted by molar-refractivity contribution is 6.20. The minimum absolute atomic E-state index is 0.0150. The first kappa shape index (κ1) is 21.1. The number of nitro benzene ring substituents is 1. The molecule has 2 fully saturated rings. The van der Waals surface area contributed by atoms with Crippen LogP contribution in [0, 0.1) is 15.5 Å². The topological polar surface area (TPSA) is 113 Å². The van der Waals surface area contributed by atoms with Gasteiger partial charge in [0, 0.05) is 30.8 Å². The standard InChI is InChI=1S/C24H24N4O5/c1-15(16-7-3-2-4-8-16)27-22(30)24(21(29)25-23(27)31)14-17-13-18(28(32)33)10-11-19(17)26-12-6-5-9-20(24)26/h2-4,7-8,10-11,13,15,20H,5-6,9,12,14H2,1H3,(H,25,29,31)/t15-,20+,24+/m1/s1. The molecular formula is C24H24N4O5. The molecule has 3 atom stereocenters. The van der Waals surface area contributed by atoms with E-state index in [9.17, 15) is 24.5 Å². The summed E-state index contributed by atoms with van der Waals surface area (Å²) in [6.45, 7) is 2.40. The largest absolute Gasteiger partial charge is 0.367 e. The predicted octanol–water partition coefficient (Wildman–Crippen LogP) is 3.34. The van der Waals surface area contributed by atoms with Gasteiger partial charge in [-0.3, -0.25) is 29.9 Å². The number of nitrogens with zero attached hydrogens (tertiary/aromatic N) is 3. The maximum Gasteiger partial charge on any atom is 0.331 e. The molecule has 0 bridgehead atoms. The van der Waals surface area contributed by atoms with Gasteiger partial charge in [-0.15, -0.1) is 0 Å². The number of barbiturate groups is 1. The Labute approximate surface area is 190 Å². The van der Waals surface area contributed by atoms with Gasteiger partial charge in [0.1, 0.15) is 0 Å². The van der Waals surface area contributed by atoms with Gasteiger partial charge in [-0.2, -0.15) is 0 Å². The molecule has 0 aromatic heterocycles. The van der Waals surface area contributed by atoms with Gasteiger partial charge in [0.2, 0.25) is 11.8 Å². The summed E-state index contributed by atoms with van der Waals surface area (Å²) in [4.78, 5) is 54.5. The third kappa shape index (κ3) is 3.10. The second-order valence-electron chi connectivity index (χ2n) is 8.94. The second kappa shape index (κ2) is 7.68. The average molecular weight is 448 g/mol. The van der Waals surface area contributed by atoms with Crippen LogP contribution in [-0.4, -0.2) is 40.3 Å². The number of benzene rings is 2. The van der Waals surface area contributed by atoms with Crippen LogP contribution >= 0.6 is 0 Å². The average Bonchev–Trinajstić information content (AvgIpc) is 2.82. The first-order chi connectivity index (χ1) is 15.8. The molecule has 2 aromatic carbocycles. The molecule has 9 heteroatoms. The summed E-state index contributed by atoms with van der Waals surface area (Å²) in [6, 6.07) is 12.1. The Morgan fingerprint density at radius 1 is 1.12 bits per heavy atom. The van der Waals surface area contributed by atoms with Crippen molar-refractivity contribution >= 4 is 29.2 Å². The molecule has 4 amide bonds. The number of carbonyl (C=O) groups excluding carboxylic acids is 3. The van der Waals surface area contributed by atoms with Gasteiger partial charge < -0.3 is 4.90 Å². The molecule has 9 nitrogen and oxygen atoms in total. The number of non-ortho nitro benzene ring substituents is 1. The fourth-order valence-corrected chi connectivity index (χ4v) is 5.61. The maximum atomic E-state index is 14.1. The van der Waals surface area contributed by atoms with Crippen molar-refractivity contribution in [3.05, 3.63) is 69.8 Å². The Morgan fingerprint density at radius 2 is 1.88 bits per heavy atom. The molecule has 33 heavy (non-hydrogen) atoms. The molecule has 3 heterocycles. The van der Waals surface area contributed by atoms with E-state index in [-0.39, 0.29) is 12.1 Å². The zero-order valence-corrected chi connectivity index (χ0v) is 18.2. The Balaban J connectivity index is 1.64. The first-order valence-corrected chi connectivity index (χ1v) is 11.1. The lowest BCUT2D eigenvalue weighted by Gasteiger charge is -2.54. The van der Waals surface area contributed by atoms with Gasteiger partial charge in [0.15, 0.2) is 5.41 Å².